The molecule has 4 heteroatoms. The zero-order valence-electron chi connectivity index (χ0n) is 25.8. The first-order valence-electron chi connectivity index (χ1n) is 15.6. The van der Waals surface area contributed by atoms with Crippen molar-refractivity contribution < 1.29 is 14.2 Å². The van der Waals surface area contributed by atoms with Gasteiger partial charge in [-0.2, -0.15) is 0 Å². The number of aryl methyl sites for hydroxylation is 1. The van der Waals surface area contributed by atoms with Gasteiger partial charge in [-0.05, 0) is 52.8 Å². The average Bonchev–Trinajstić information content (AvgIpc) is 3.31. The van der Waals surface area contributed by atoms with Crippen molar-refractivity contribution in [1.82, 2.24) is 0 Å². The summed E-state index contributed by atoms with van der Waals surface area (Å²) in [5.41, 5.74) is 10.0. The maximum absolute atomic E-state index is 7.46. The number of rotatable bonds is 4. The van der Waals surface area contributed by atoms with Crippen LogP contribution in [0.4, 0.5) is 5.69 Å². The largest absolute Gasteiger partial charge is 0.495 e. The third-order valence-electron chi connectivity index (χ3n) is 9.84. The van der Waals surface area contributed by atoms with Crippen LogP contribution in [0.5, 0.6) is 11.5 Å². The second kappa shape index (κ2) is 10.0. The molecule has 0 saturated carbocycles. The van der Waals surface area contributed by atoms with Crippen molar-refractivity contribution in [2.24, 2.45) is 0 Å². The van der Waals surface area contributed by atoms with E-state index in [1.54, 1.807) is 7.11 Å². The van der Waals surface area contributed by atoms with Gasteiger partial charge in [0, 0.05) is 40.6 Å². The highest BCUT2D eigenvalue weighted by molar-refractivity contribution is 6.10. The Bertz CT molecular complexity index is 1900. The zero-order valence-corrected chi connectivity index (χ0v) is 25.8. The predicted octanol–water partition coefficient (Wildman–Crippen LogP) is 8.65. The minimum atomic E-state index is -0.779. The van der Waals surface area contributed by atoms with E-state index >= 15 is 0 Å². The first-order valence-corrected chi connectivity index (χ1v) is 15.6. The Hall–Kier alpha value is -4.54. The van der Waals surface area contributed by atoms with Crippen LogP contribution in [-0.2, 0) is 15.8 Å². The summed E-state index contributed by atoms with van der Waals surface area (Å²) < 4.78 is 19.3. The molecule has 0 radical (unpaired) electrons. The Kier molecular flexibility index (Phi) is 6.15. The molecule has 1 aliphatic carbocycles. The first-order chi connectivity index (χ1) is 21.4. The normalized spacial score (nSPS) is 17.5. The molecule has 4 nitrogen and oxygen atoms in total. The van der Waals surface area contributed by atoms with Crippen LogP contribution in [0.15, 0.2) is 97.1 Å². The average molecular weight is 580 g/mol. The van der Waals surface area contributed by atoms with Gasteiger partial charge in [-0.25, -0.2) is 0 Å². The number of anilines is 1. The highest BCUT2D eigenvalue weighted by Crippen LogP contribution is 2.59. The SMILES string of the molecule is COc1cc2c3c(c4c(c2cc1N1CCOCC1)-c1ccc(C)cc1C4(C)C)C=CC(c1ccccc1)(c1ccccc1)O3. The molecule has 0 unspecified atom stereocenters. The van der Waals surface area contributed by atoms with Crippen molar-refractivity contribution in [2.45, 2.75) is 31.8 Å². The smallest absolute Gasteiger partial charge is 0.178 e. The van der Waals surface area contributed by atoms with Crippen LogP contribution >= 0.6 is 0 Å². The molecule has 0 bridgehead atoms. The summed E-state index contributed by atoms with van der Waals surface area (Å²) >= 11 is 0. The van der Waals surface area contributed by atoms with E-state index in [0.717, 1.165) is 52.4 Å². The van der Waals surface area contributed by atoms with Gasteiger partial charge >= 0.3 is 0 Å². The Morgan fingerprint density at radius 2 is 1.48 bits per heavy atom. The van der Waals surface area contributed by atoms with Crippen molar-refractivity contribution in [3.8, 4) is 22.6 Å². The summed E-state index contributed by atoms with van der Waals surface area (Å²) in [4.78, 5) is 2.39. The molecule has 5 aromatic rings. The summed E-state index contributed by atoms with van der Waals surface area (Å²) in [6.45, 7) is 10.00. The minimum absolute atomic E-state index is 0.207. The summed E-state index contributed by atoms with van der Waals surface area (Å²) in [5, 5.41) is 2.26. The van der Waals surface area contributed by atoms with Gasteiger partial charge < -0.3 is 19.1 Å². The summed E-state index contributed by atoms with van der Waals surface area (Å²) in [7, 11) is 1.77. The molecule has 0 N–H and O–H groups in total. The van der Waals surface area contributed by atoms with Crippen LogP contribution in [0.25, 0.3) is 28.0 Å². The van der Waals surface area contributed by atoms with E-state index in [4.69, 9.17) is 14.2 Å². The molecule has 0 spiro atoms. The molecule has 2 heterocycles. The van der Waals surface area contributed by atoms with E-state index in [9.17, 15) is 0 Å². The molecule has 0 aromatic heterocycles. The van der Waals surface area contributed by atoms with Crippen LogP contribution in [0, 0.1) is 6.92 Å². The van der Waals surface area contributed by atoms with Crippen molar-refractivity contribution >= 4 is 22.5 Å². The third-order valence-corrected chi connectivity index (χ3v) is 9.84. The van der Waals surface area contributed by atoms with Crippen LogP contribution in [0.3, 0.4) is 0 Å². The quantitative estimate of drug-likeness (QED) is 0.213. The standard InChI is InChI=1S/C40H37NO3/c1-26-15-16-29-33(23-26)39(2,3)37-30-17-18-40(27-11-7-5-8-12-27,28-13-9-6-10-14-28)44-38(30)32-25-35(42-4)34(24-31(32)36(29)37)41-19-21-43-22-20-41/h5-18,23-25H,19-22H2,1-4H3. The van der Waals surface area contributed by atoms with Crippen LogP contribution in [0.1, 0.15) is 47.2 Å². The number of benzene rings is 5. The first kappa shape index (κ1) is 27.0. The molecule has 8 rings (SSSR count). The Morgan fingerprint density at radius 1 is 0.795 bits per heavy atom. The zero-order chi connectivity index (χ0) is 30.1. The van der Waals surface area contributed by atoms with Gasteiger partial charge in [0.05, 0.1) is 26.0 Å². The number of nitrogens with zero attached hydrogens (tertiary/aromatic N) is 1. The monoisotopic (exact) mass is 579 g/mol. The van der Waals surface area contributed by atoms with Crippen molar-refractivity contribution in [3.05, 3.63) is 130 Å². The van der Waals surface area contributed by atoms with E-state index in [1.165, 1.54) is 33.2 Å². The topological polar surface area (TPSA) is 30.9 Å². The van der Waals surface area contributed by atoms with Gasteiger partial charge in [0.1, 0.15) is 11.5 Å². The molecule has 1 fully saturated rings. The van der Waals surface area contributed by atoms with E-state index in [1.807, 2.05) is 0 Å². The predicted molar refractivity (Wildman–Crippen MR) is 179 cm³/mol. The number of hydrogen-bond acceptors (Lipinski definition) is 4. The maximum atomic E-state index is 7.46. The van der Waals surface area contributed by atoms with E-state index < -0.39 is 5.60 Å². The van der Waals surface area contributed by atoms with Gasteiger partial charge in [0.15, 0.2) is 5.60 Å². The molecule has 1 saturated heterocycles. The van der Waals surface area contributed by atoms with E-state index in [-0.39, 0.29) is 5.41 Å². The molecule has 2 aliphatic heterocycles. The van der Waals surface area contributed by atoms with Crippen molar-refractivity contribution in [3.63, 3.8) is 0 Å². The second-order valence-electron chi connectivity index (χ2n) is 12.7. The Balaban J connectivity index is 1.47. The lowest BCUT2D eigenvalue weighted by atomic mass is 9.76. The van der Waals surface area contributed by atoms with Gasteiger partial charge in [-0.1, -0.05) is 104 Å². The summed E-state index contributed by atoms with van der Waals surface area (Å²) in [5.74, 6) is 1.75. The summed E-state index contributed by atoms with van der Waals surface area (Å²) in [6, 6.07) is 32.6. The molecule has 220 valence electrons. The molecule has 3 aliphatic rings. The second-order valence-corrected chi connectivity index (χ2v) is 12.7. The maximum Gasteiger partial charge on any atom is 0.178 e. The number of ether oxygens (including phenoxy) is 3. The van der Waals surface area contributed by atoms with Crippen LogP contribution in [0.2, 0.25) is 0 Å². The lowest BCUT2D eigenvalue weighted by Gasteiger charge is -2.38. The lowest BCUT2D eigenvalue weighted by molar-refractivity contribution is 0.122. The van der Waals surface area contributed by atoms with Crippen LogP contribution in [-0.4, -0.2) is 33.4 Å². The molecular formula is C40H37NO3. The molecule has 44 heavy (non-hydrogen) atoms. The number of hydrogen-bond donors (Lipinski definition) is 0. The Labute approximate surface area is 259 Å². The van der Waals surface area contributed by atoms with Crippen molar-refractivity contribution in [1.29, 1.82) is 0 Å². The minimum Gasteiger partial charge on any atom is -0.495 e. The Morgan fingerprint density at radius 3 is 2.14 bits per heavy atom. The fraction of sp³-hybridized carbons (Fsp3) is 0.250. The third kappa shape index (κ3) is 3.87. The fourth-order valence-corrected chi connectivity index (χ4v) is 7.68. The van der Waals surface area contributed by atoms with Gasteiger partial charge in [-0.15, -0.1) is 0 Å². The number of morpholine rings is 1. The molecule has 0 atom stereocenters. The van der Waals surface area contributed by atoms with E-state index in [2.05, 4.69) is 129 Å². The lowest BCUT2D eigenvalue weighted by Crippen LogP contribution is -2.36. The van der Waals surface area contributed by atoms with Gasteiger partial charge in [0.25, 0.3) is 0 Å². The summed E-state index contributed by atoms with van der Waals surface area (Å²) in [6.07, 6.45) is 4.58. The fourth-order valence-electron chi connectivity index (χ4n) is 7.68. The molecular weight excluding hydrogens is 542 g/mol. The molecule has 0 amide bonds. The van der Waals surface area contributed by atoms with Crippen LogP contribution < -0.4 is 14.4 Å². The van der Waals surface area contributed by atoms with Gasteiger partial charge in [-0.3, -0.25) is 0 Å². The number of fused-ring (bicyclic) bond motifs is 8. The van der Waals surface area contributed by atoms with Gasteiger partial charge in [0.2, 0.25) is 0 Å². The number of methoxy groups -OCH3 is 1. The highest BCUT2D eigenvalue weighted by atomic mass is 16.5. The van der Waals surface area contributed by atoms with Crippen molar-refractivity contribution in [2.75, 3.05) is 38.3 Å². The molecule has 5 aromatic carbocycles. The van der Waals surface area contributed by atoms with E-state index in [0.29, 0.717) is 13.2 Å². The highest BCUT2D eigenvalue weighted by Gasteiger charge is 2.44.